The van der Waals surface area contributed by atoms with Crippen molar-refractivity contribution in [3.63, 3.8) is 0 Å². The van der Waals surface area contributed by atoms with Gasteiger partial charge in [-0.1, -0.05) is 19.7 Å². The van der Waals surface area contributed by atoms with E-state index in [2.05, 4.69) is 19.7 Å². The third kappa shape index (κ3) is 10.3. The molecule has 0 radical (unpaired) electrons. The summed E-state index contributed by atoms with van der Waals surface area (Å²) in [6, 6.07) is 0. The molecule has 8 heteroatoms. The molecule has 0 atom stereocenters. The first kappa shape index (κ1) is 26.1. The van der Waals surface area contributed by atoms with Crippen molar-refractivity contribution < 1.29 is 28.7 Å². The molecule has 8 nitrogen and oxygen atoms in total. The Morgan fingerprint density at radius 2 is 1.24 bits per heavy atom. The van der Waals surface area contributed by atoms with Gasteiger partial charge in [0.05, 0.1) is 18.5 Å². The first-order chi connectivity index (χ1) is 13.4. The lowest BCUT2D eigenvalue weighted by Gasteiger charge is -2.27. The van der Waals surface area contributed by atoms with E-state index in [0.29, 0.717) is 0 Å². The summed E-state index contributed by atoms with van der Waals surface area (Å²) < 4.78 is 10.2. The van der Waals surface area contributed by atoms with E-state index in [1.807, 2.05) is 0 Å². The van der Waals surface area contributed by atoms with E-state index < -0.39 is 11.4 Å². The fourth-order valence-electron chi connectivity index (χ4n) is 2.00. The van der Waals surface area contributed by atoms with E-state index in [1.54, 1.807) is 20.8 Å². The monoisotopic (exact) mass is 408 g/mol. The molecular weight excluding hydrogens is 376 g/mol. The molecule has 0 aromatic rings. The number of ether oxygens (including phenoxy) is 2. The largest absolute Gasteiger partial charge is 0.463 e. The zero-order valence-corrected chi connectivity index (χ0v) is 17.9. The molecule has 0 spiro atoms. The van der Waals surface area contributed by atoms with E-state index in [4.69, 9.17) is 9.47 Å². The van der Waals surface area contributed by atoms with Gasteiger partial charge in [0.1, 0.15) is 13.2 Å². The van der Waals surface area contributed by atoms with Gasteiger partial charge in [0.2, 0.25) is 11.8 Å². The molecule has 0 rings (SSSR count). The summed E-state index contributed by atoms with van der Waals surface area (Å²) in [5, 5.41) is 0. The van der Waals surface area contributed by atoms with E-state index >= 15 is 0 Å². The standard InChI is InChI=1S/C21H32N2O6/c1-8-17(24)22(12-14-28-19(26)16(3)4)10-11-23(18(25)9-2)13-15-29-20(27)21(5,6)7/h8-9H,1-3,10-15H2,4-7H3. The molecule has 0 aromatic carbocycles. The predicted molar refractivity (Wildman–Crippen MR) is 110 cm³/mol. The third-order valence-corrected chi connectivity index (χ3v) is 3.76. The minimum absolute atomic E-state index is 0.0100. The molecule has 0 heterocycles. The highest BCUT2D eigenvalue weighted by Gasteiger charge is 2.23. The number of hydrogen-bond acceptors (Lipinski definition) is 6. The number of carbonyl (C=O) groups excluding carboxylic acids is 4. The Morgan fingerprint density at radius 3 is 1.59 bits per heavy atom. The molecule has 0 unspecified atom stereocenters. The molecule has 0 aliphatic carbocycles. The van der Waals surface area contributed by atoms with Gasteiger partial charge in [-0.15, -0.1) is 0 Å². The van der Waals surface area contributed by atoms with E-state index in [-0.39, 0.29) is 62.7 Å². The second-order valence-corrected chi connectivity index (χ2v) is 7.36. The Kier molecular flexibility index (Phi) is 11.3. The van der Waals surface area contributed by atoms with Crippen LogP contribution < -0.4 is 0 Å². The Bertz CT molecular complexity index is 648. The highest BCUT2D eigenvalue weighted by molar-refractivity contribution is 5.88. The van der Waals surface area contributed by atoms with E-state index in [9.17, 15) is 19.2 Å². The minimum atomic E-state index is -0.637. The second kappa shape index (κ2) is 12.5. The first-order valence-corrected chi connectivity index (χ1v) is 9.26. The van der Waals surface area contributed by atoms with Crippen LogP contribution in [0.5, 0.6) is 0 Å². The van der Waals surface area contributed by atoms with Crippen LogP contribution in [0.4, 0.5) is 0 Å². The summed E-state index contributed by atoms with van der Waals surface area (Å²) >= 11 is 0. The molecule has 2 amide bonds. The van der Waals surface area contributed by atoms with Gasteiger partial charge in [-0.3, -0.25) is 14.4 Å². The Morgan fingerprint density at radius 1 is 0.828 bits per heavy atom. The number of nitrogens with zero attached hydrogens (tertiary/aromatic N) is 2. The van der Waals surface area contributed by atoms with Crippen LogP contribution in [0.2, 0.25) is 0 Å². The summed E-state index contributed by atoms with van der Waals surface area (Å²) in [5.74, 6) is -1.62. The minimum Gasteiger partial charge on any atom is -0.463 e. The Hall–Kier alpha value is -2.90. The van der Waals surface area contributed by atoms with Gasteiger partial charge < -0.3 is 19.3 Å². The van der Waals surface area contributed by atoms with E-state index in [1.165, 1.54) is 16.7 Å². The molecule has 0 N–H and O–H groups in total. The van der Waals surface area contributed by atoms with Crippen molar-refractivity contribution in [1.82, 2.24) is 9.80 Å². The van der Waals surface area contributed by atoms with Gasteiger partial charge in [-0.2, -0.15) is 0 Å². The summed E-state index contributed by atoms with van der Waals surface area (Å²) in [5.41, 5.74) is -0.374. The van der Waals surface area contributed by atoms with Crippen LogP contribution in [0.1, 0.15) is 27.7 Å². The molecule has 162 valence electrons. The van der Waals surface area contributed by atoms with Crippen molar-refractivity contribution in [2.45, 2.75) is 27.7 Å². The quantitative estimate of drug-likeness (QED) is 0.361. The van der Waals surface area contributed by atoms with Gasteiger partial charge in [-0.05, 0) is 39.8 Å². The maximum Gasteiger partial charge on any atom is 0.333 e. The third-order valence-electron chi connectivity index (χ3n) is 3.76. The molecule has 0 fully saturated rings. The van der Waals surface area contributed by atoms with Gasteiger partial charge in [0.25, 0.3) is 0 Å². The zero-order valence-electron chi connectivity index (χ0n) is 17.9. The van der Waals surface area contributed by atoms with Gasteiger partial charge >= 0.3 is 11.9 Å². The molecule has 29 heavy (non-hydrogen) atoms. The smallest absolute Gasteiger partial charge is 0.333 e. The molecule has 0 saturated carbocycles. The fraction of sp³-hybridized carbons (Fsp3) is 0.524. The lowest BCUT2D eigenvalue weighted by Crippen LogP contribution is -2.43. The van der Waals surface area contributed by atoms with Gasteiger partial charge in [0, 0.05) is 18.7 Å². The van der Waals surface area contributed by atoms with Crippen LogP contribution in [0.15, 0.2) is 37.5 Å². The fourth-order valence-corrected chi connectivity index (χ4v) is 2.00. The predicted octanol–water partition coefficient (Wildman–Crippen LogP) is 1.72. The highest BCUT2D eigenvalue weighted by atomic mass is 16.5. The van der Waals surface area contributed by atoms with Crippen molar-refractivity contribution in [3.05, 3.63) is 37.5 Å². The van der Waals surface area contributed by atoms with Crippen LogP contribution in [0.25, 0.3) is 0 Å². The maximum atomic E-state index is 12.1. The Balaban J connectivity index is 4.81. The van der Waals surface area contributed by atoms with Gasteiger partial charge in [0.15, 0.2) is 0 Å². The van der Waals surface area contributed by atoms with Crippen molar-refractivity contribution in [3.8, 4) is 0 Å². The lowest BCUT2D eigenvalue weighted by atomic mass is 9.97. The van der Waals surface area contributed by atoms with Crippen LogP contribution >= 0.6 is 0 Å². The number of hydrogen-bond donors (Lipinski definition) is 0. The SMILES string of the molecule is C=CC(=O)N(CCOC(=O)C(=C)C)CCN(CCOC(=O)C(C)(C)C)C(=O)C=C. The van der Waals surface area contributed by atoms with Crippen LogP contribution in [-0.4, -0.2) is 72.9 Å². The Labute approximate surface area is 172 Å². The maximum absolute atomic E-state index is 12.1. The topological polar surface area (TPSA) is 93.2 Å². The van der Waals surface area contributed by atoms with E-state index in [0.717, 1.165) is 12.2 Å². The van der Waals surface area contributed by atoms with Crippen LogP contribution in [0.3, 0.4) is 0 Å². The van der Waals surface area contributed by atoms with Crippen LogP contribution in [0, 0.1) is 5.41 Å². The van der Waals surface area contributed by atoms with Crippen molar-refractivity contribution in [1.29, 1.82) is 0 Å². The van der Waals surface area contributed by atoms with Crippen LogP contribution in [-0.2, 0) is 28.7 Å². The summed E-state index contributed by atoms with van der Waals surface area (Å²) in [7, 11) is 0. The van der Waals surface area contributed by atoms with Crippen molar-refractivity contribution in [2.24, 2.45) is 5.41 Å². The molecular formula is C21H32N2O6. The molecule has 0 aromatic heterocycles. The van der Waals surface area contributed by atoms with Gasteiger partial charge in [-0.25, -0.2) is 4.79 Å². The summed E-state index contributed by atoms with van der Waals surface area (Å²) in [6.07, 6.45) is 2.30. The number of carbonyl (C=O) groups is 4. The second-order valence-electron chi connectivity index (χ2n) is 7.36. The normalized spacial score (nSPS) is 10.5. The molecule has 0 saturated heterocycles. The number of amides is 2. The molecule has 0 bridgehead atoms. The molecule has 0 aliphatic heterocycles. The lowest BCUT2D eigenvalue weighted by molar-refractivity contribution is -0.154. The number of rotatable bonds is 12. The first-order valence-electron chi connectivity index (χ1n) is 9.26. The van der Waals surface area contributed by atoms with Crippen molar-refractivity contribution in [2.75, 3.05) is 39.4 Å². The summed E-state index contributed by atoms with van der Waals surface area (Å²) in [6.45, 7) is 17.8. The number of esters is 2. The van der Waals surface area contributed by atoms with Crippen molar-refractivity contribution >= 4 is 23.8 Å². The molecule has 0 aliphatic rings. The average molecular weight is 408 g/mol. The highest BCUT2D eigenvalue weighted by Crippen LogP contribution is 2.14. The summed E-state index contributed by atoms with van der Waals surface area (Å²) in [4.78, 5) is 50.2. The average Bonchev–Trinajstić information content (AvgIpc) is 2.66. The zero-order chi connectivity index (χ0) is 22.6.